The summed E-state index contributed by atoms with van der Waals surface area (Å²) in [6.45, 7) is 1.08. The Hall–Kier alpha value is -0.500. The van der Waals surface area contributed by atoms with Gasteiger partial charge in [0.1, 0.15) is 0 Å². The monoisotopic (exact) mass is 114 g/mol. The first-order valence-electron chi connectivity index (χ1n) is 2.79. The van der Waals surface area contributed by atoms with Crippen molar-refractivity contribution in [1.82, 2.24) is 4.90 Å². The third kappa shape index (κ3) is 5.50. The van der Waals surface area contributed by atoms with E-state index in [1.807, 2.05) is 20.2 Å². The summed E-state index contributed by atoms with van der Waals surface area (Å²) in [5.74, 6) is 0. The SMILES string of the molecule is CN(C)CCC=CN. The zero-order chi connectivity index (χ0) is 6.41. The summed E-state index contributed by atoms with van der Waals surface area (Å²) in [6, 6.07) is 0. The highest BCUT2D eigenvalue weighted by Gasteiger charge is 1.82. The summed E-state index contributed by atoms with van der Waals surface area (Å²) >= 11 is 0. The molecule has 0 unspecified atom stereocenters. The lowest BCUT2D eigenvalue weighted by molar-refractivity contribution is 0.417. The molecule has 0 bridgehead atoms. The number of nitrogens with two attached hydrogens (primary N) is 1. The number of rotatable bonds is 3. The lowest BCUT2D eigenvalue weighted by Gasteiger charge is -2.04. The van der Waals surface area contributed by atoms with Crippen LogP contribution in [0.15, 0.2) is 12.3 Å². The van der Waals surface area contributed by atoms with Gasteiger partial charge in [0, 0.05) is 6.54 Å². The Bertz CT molecular complexity index is 66.9. The van der Waals surface area contributed by atoms with E-state index < -0.39 is 0 Å². The maximum Gasteiger partial charge on any atom is 0.00105 e. The van der Waals surface area contributed by atoms with Crippen molar-refractivity contribution in [2.45, 2.75) is 6.42 Å². The molecule has 0 saturated carbocycles. The summed E-state index contributed by atoms with van der Waals surface area (Å²) in [7, 11) is 4.09. The van der Waals surface area contributed by atoms with Gasteiger partial charge in [-0.3, -0.25) is 0 Å². The smallest absolute Gasteiger partial charge is 0.00105 e. The molecule has 0 heterocycles. The van der Waals surface area contributed by atoms with E-state index in [2.05, 4.69) is 4.90 Å². The van der Waals surface area contributed by atoms with E-state index in [1.165, 1.54) is 0 Å². The predicted octanol–water partition coefficient (Wildman–Crippen LogP) is 0.410. The molecule has 0 aliphatic carbocycles. The van der Waals surface area contributed by atoms with Crippen molar-refractivity contribution in [1.29, 1.82) is 0 Å². The van der Waals surface area contributed by atoms with Gasteiger partial charge in [0.15, 0.2) is 0 Å². The van der Waals surface area contributed by atoms with Crippen molar-refractivity contribution in [3.05, 3.63) is 12.3 Å². The molecular weight excluding hydrogens is 100 g/mol. The first-order chi connectivity index (χ1) is 3.77. The standard InChI is InChI=1S/C6H14N2/c1-8(2)6-4-3-5-7/h3,5H,4,6-7H2,1-2H3. The number of hydrogen-bond acceptors (Lipinski definition) is 2. The summed E-state index contributed by atoms with van der Waals surface area (Å²) in [6.07, 6.45) is 4.59. The average molecular weight is 114 g/mol. The maximum atomic E-state index is 5.12. The molecule has 0 aliphatic heterocycles. The third-order valence-corrected chi connectivity index (χ3v) is 0.879. The molecule has 2 heteroatoms. The minimum Gasteiger partial charge on any atom is -0.405 e. The van der Waals surface area contributed by atoms with E-state index in [4.69, 9.17) is 5.73 Å². The van der Waals surface area contributed by atoms with Crippen LogP contribution in [-0.2, 0) is 0 Å². The molecule has 0 amide bonds. The van der Waals surface area contributed by atoms with Crippen LogP contribution in [0.3, 0.4) is 0 Å². The van der Waals surface area contributed by atoms with Gasteiger partial charge in [-0.15, -0.1) is 0 Å². The van der Waals surface area contributed by atoms with Crippen molar-refractivity contribution in [3.8, 4) is 0 Å². The molecule has 0 radical (unpaired) electrons. The van der Waals surface area contributed by atoms with Crippen LogP contribution in [-0.4, -0.2) is 25.5 Å². The van der Waals surface area contributed by atoms with Crippen molar-refractivity contribution in [3.63, 3.8) is 0 Å². The zero-order valence-corrected chi connectivity index (χ0v) is 5.59. The average Bonchev–Trinajstić information content (AvgIpc) is 1.66. The molecule has 0 rings (SSSR count). The highest BCUT2D eigenvalue weighted by molar-refractivity contribution is 4.75. The maximum absolute atomic E-state index is 5.12. The van der Waals surface area contributed by atoms with Crippen molar-refractivity contribution >= 4 is 0 Å². The molecule has 0 saturated heterocycles. The fourth-order valence-electron chi connectivity index (χ4n) is 0.429. The van der Waals surface area contributed by atoms with Crippen LogP contribution in [0.5, 0.6) is 0 Å². The van der Waals surface area contributed by atoms with Crippen LogP contribution in [0, 0.1) is 0 Å². The largest absolute Gasteiger partial charge is 0.405 e. The van der Waals surface area contributed by atoms with E-state index in [0.29, 0.717) is 0 Å². The van der Waals surface area contributed by atoms with Gasteiger partial charge in [0.2, 0.25) is 0 Å². The van der Waals surface area contributed by atoms with E-state index in [0.717, 1.165) is 13.0 Å². The molecular formula is C6H14N2. The minimum atomic E-state index is 1.05. The molecule has 0 aromatic heterocycles. The van der Waals surface area contributed by atoms with Gasteiger partial charge in [-0.25, -0.2) is 0 Å². The Morgan fingerprint density at radius 2 is 2.12 bits per heavy atom. The second-order valence-corrected chi connectivity index (χ2v) is 2.02. The van der Waals surface area contributed by atoms with E-state index in [9.17, 15) is 0 Å². The highest BCUT2D eigenvalue weighted by atomic mass is 15.0. The van der Waals surface area contributed by atoms with E-state index in [1.54, 1.807) is 6.20 Å². The third-order valence-electron chi connectivity index (χ3n) is 0.879. The predicted molar refractivity (Wildman–Crippen MR) is 36.5 cm³/mol. The molecule has 2 nitrogen and oxygen atoms in total. The molecule has 0 aromatic rings. The molecule has 48 valence electrons. The lowest BCUT2D eigenvalue weighted by Crippen LogP contribution is -2.11. The van der Waals surface area contributed by atoms with Crippen LogP contribution in [0.2, 0.25) is 0 Å². The summed E-state index contributed by atoms with van der Waals surface area (Å²) in [5, 5.41) is 0. The topological polar surface area (TPSA) is 29.3 Å². The van der Waals surface area contributed by atoms with Gasteiger partial charge in [0.05, 0.1) is 0 Å². The van der Waals surface area contributed by atoms with Crippen LogP contribution in [0.1, 0.15) is 6.42 Å². The van der Waals surface area contributed by atoms with Gasteiger partial charge < -0.3 is 10.6 Å². The van der Waals surface area contributed by atoms with Crippen molar-refractivity contribution < 1.29 is 0 Å². The fraction of sp³-hybridized carbons (Fsp3) is 0.667. The Morgan fingerprint density at radius 3 is 2.50 bits per heavy atom. The Balaban J connectivity index is 2.93. The first-order valence-corrected chi connectivity index (χ1v) is 2.79. The van der Waals surface area contributed by atoms with Crippen LogP contribution in [0.4, 0.5) is 0 Å². The van der Waals surface area contributed by atoms with E-state index in [-0.39, 0.29) is 0 Å². The lowest BCUT2D eigenvalue weighted by atomic mass is 10.4. The van der Waals surface area contributed by atoms with E-state index >= 15 is 0 Å². The van der Waals surface area contributed by atoms with Crippen LogP contribution >= 0.6 is 0 Å². The van der Waals surface area contributed by atoms with Crippen LogP contribution < -0.4 is 5.73 Å². The van der Waals surface area contributed by atoms with Gasteiger partial charge in [-0.05, 0) is 26.7 Å². The Morgan fingerprint density at radius 1 is 1.50 bits per heavy atom. The quantitative estimate of drug-likeness (QED) is 0.576. The first kappa shape index (κ1) is 7.50. The molecule has 2 N–H and O–H groups in total. The summed E-state index contributed by atoms with van der Waals surface area (Å²) in [4.78, 5) is 2.12. The van der Waals surface area contributed by atoms with Gasteiger partial charge in [-0.1, -0.05) is 6.08 Å². The number of hydrogen-bond donors (Lipinski definition) is 1. The zero-order valence-electron chi connectivity index (χ0n) is 5.59. The highest BCUT2D eigenvalue weighted by Crippen LogP contribution is 1.81. The Kier molecular flexibility index (Phi) is 4.36. The molecule has 8 heavy (non-hydrogen) atoms. The van der Waals surface area contributed by atoms with Gasteiger partial charge in [0.25, 0.3) is 0 Å². The van der Waals surface area contributed by atoms with Crippen molar-refractivity contribution in [2.24, 2.45) is 5.73 Å². The molecule has 0 spiro atoms. The summed E-state index contributed by atoms with van der Waals surface area (Å²) in [5.41, 5.74) is 5.12. The van der Waals surface area contributed by atoms with Crippen molar-refractivity contribution in [2.75, 3.05) is 20.6 Å². The molecule has 0 fully saturated rings. The fourth-order valence-corrected chi connectivity index (χ4v) is 0.429. The minimum absolute atomic E-state index is 1.05. The number of nitrogens with zero attached hydrogens (tertiary/aromatic N) is 1. The van der Waals surface area contributed by atoms with Gasteiger partial charge in [-0.2, -0.15) is 0 Å². The second kappa shape index (κ2) is 4.65. The second-order valence-electron chi connectivity index (χ2n) is 2.02. The molecule has 0 aliphatic rings. The Labute approximate surface area is 51.0 Å². The summed E-state index contributed by atoms with van der Waals surface area (Å²) < 4.78 is 0. The molecule has 0 atom stereocenters. The van der Waals surface area contributed by atoms with Crippen LogP contribution in [0.25, 0.3) is 0 Å². The molecule has 0 aromatic carbocycles. The normalized spacial score (nSPS) is 11.4. The van der Waals surface area contributed by atoms with Gasteiger partial charge >= 0.3 is 0 Å².